The molecule has 1 aromatic heterocycles. The largest absolute Gasteiger partial charge is 0.492 e. The number of rotatable bonds is 9. The molecule has 0 saturated carbocycles. The van der Waals surface area contributed by atoms with Crippen molar-refractivity contribution in [3.05, 3.63) is 42.0 Å². The molecular formula is C17H24F2N6O. The smallest absolute Gasteiger partial charge is 0.191 e. The number of nitrogens with zero attached hydrogens (tertiary/aromatic N) is 4. The summed E-state index contributed by atoms with van der Waals surface area (Å²) in [6, 6.07) is 3.46. The molecule has 26 heavy (non-hydrogen) atoms. The van der Waals surface area contributed by atoms with Crippen LogP contribution >= 0.6 is 0 Å². The first kappa shape index (κ1) is 19.6. The van der Waals surface area contributed by atoms with Crippen LogP contribution in [0.5, 0.6) is 5.75 Å². The number of hydrogen-bond acceptors (Lipinski definition) is 4. The van der Waals surface area contributed by atoms with Crippen molar-refractivity contribution in [2.75, 3.05) is 26.2 Å². The number of aromatic nitrogens is 3. The quantitative estimate of drug-likeness (QED) is 0.402. The van der Waals surface area contributed by atoms with Gasteiger partial charge in [-0.25, -0.2) is 8.78 Å². The van der Waals surface area contributed by atoms with Gasteiger partial charge in [0.15, 0.2) is 17.6 Å². The summed E-state index contributed by atoms with van der Waals surface area (Å²) in [7, 11) is 0. The van der Waals surface area contributed by atoms with Gasteiger partial charge in [-0.1, -0.05) is 6.92 Å². The summed E-state index contributed by atoms with van der Waals surface area (Å²) in [6.45, 7) is 6.76. The van der Waals surface area contributed by atoms with Crippen LogP contribution in [0.4, 0.5) is 8.78 Å². The molecule has 0 amide bonds. The van der Waals surface area contributed by atoms with Gasteiger partial charge in [0.25, 0.3) is 0 Å². The SMILES string of the molecule is CCNC(=NCCn1cnnc1CC)NCCOc1ccc(F)c(F)c1. The molecule has 2 aromatic rings. The van der Waals surface area contributed by atoms with E-state index in [-0.39, 0.29) is 5.75 Å². The molecule has 0 unspecified atom stereocenters. The van der Waals surface area contributed by atoms with Crippen molar-refractivity contribution in [2.45, 2.75) is 26.8 Å². The van der Waals surface area contributed by atoms with Gasteiger partial charge in [-0.05, 0) is 19.1 Å². The fourth-order valence-corrected chi connectivity index (χ4v) is 2.26. The Morgan fingerprint density at radius 1 is 1.23 bits per heavy atom. The van der Waals surface area contributed by atoms with Crippen molar-refractivity contribution in [3.63, 3.8) is 0 Å². The first-order valence-corrected chi connectivity index (χ1v) is 8.60. The van der Waals surface area contributed by atoms with E-state index in [0.717, 1.165) is 30.9 Å². The summed E-state index contributed by atoms with van der Waals surface area (Å²) in [6.07, 6.45) is 2.52. The van der Waals surface area contributed by atoms with Gasteiger partial charge in [-0.2, -0.15) is 0 Å². The van der Waals surface area contributed by atoms with Gasteiger partial charge in [0.2, 0.25) is 0 Å². The third kappa shape index (κ3) is 5.98. The Morgan fingerprint density at radius 3 is 2.81 bits per heavy atom. The average Bonchev–Trinajstić information content (AvgIpc) is 3.09. The third-order valence-corrected chi connectivity index (χ3v) is 3.52. The molecule has 142 valence electrons. The summed E-state index contributed by atoms with van der Waals surface area (Å²) < 4.78 is 33.3. The number of ether oxygens (including phenoxy) is 1. The van der Waals surface area contributed by atoms with Gasteiger partial charge in [0.05, 0.1) is 13.1 Å². The minimum Gasteiger partial charge on any atom is -0.492 e. The van der Waals surface area contributed by atoms with Crippen LogP contribution in [0.3, 0.4) is 0 Å². The first-order valence-electron chi connectivity index (χ1n) is 8.60. The number of benzene rings is 1. The highest BCUT2D eigenvalue weighted by molar-refractivity contribution is 5.79. The molecule has 0 fully saturated rings. The normalized spacial score (nSPS) is 11.5. The molecule has 0 aliphatic heterocycles. The Labute approximate surface area is 151 Å². The van der Waals surface area contributed by atoms with Crippen LogP contribution in [0, 0.1) is 11.6 Å². The monoisotopic (exact) mass is 366 g/mol. The molecule has 0 saturated heterocycles. The Kier molecular flexibility index (Phi) is 7.78. The number of aliphatic imine (C=N–C) groups is 1. The second kappa shape index (κ2) is 10.3. The highest BCUT2D eigenvalue weighted by atomic mass is 19.2. The van der Waals surface area contributed by atoms with Crippen molar-refractivity contribution in [1.29, 1.82) is 0 Å². The van der Waals surface area contributed by atoms with Crippen molar-refractivity contribution in [1.82, 2.24) is 25.4 Å². The molecule has 9 heteroatoms. The van der Waals surface area contributed by atoms with Crippen LogP contribution in [0.15, 0.2) is 29.5 Å². The second-order valence-corrected chi connectivity index (χ2v) is 5.41. The van der Waals surface area contributed by atoms with E-state index in [9.17, 15) is 8.78 Å². The summed E-state index contributed by atoms with van der Waals surface area (Å²) in [5, 5.41) is 14.2. The summed E-state index contributed by atoms with van der Waals surface area (Å²) in [5.74, 6) is 0.0557. The number of nitrogens with one attached hydrogen (secondary N) is 2. The van der Waals surface area contributed by atoms with Crippen molar-refractivity contribution in [2.24, 2.45) is 4.99 Å². The zero-order chi connectivity index (χ0) is 18.8. The molecule has 1 heterocycles. The fourth-order valence-electron chi connectivity index (χ4n) is 2.26. The Morgan fingerprint density at radius 2 is 2.08 bits per heavy atom. The van der Waals surface area contributed by atoms with E-state index in [2.05, 4.69) is 25.8 Å². The zero-order valence-corrected chi connectivity index (χ0v) is 15.0. The van der Waals surface area contributed by atoms with E-state index in [1.165, 1.54) is 6.07 Å². The Balaban J connectivity index is 1.76. The molecule has 2 N–H and O–H groups in total. The standard InChI is InChI=1S/C17H24F2N6O/c1-3-16-24-23-12-25(16)9-7-21-17(20-4-2)22-8-10-26-13-5-6-14(18)15(19)11-13/h5-6,11-12H,3-4,7-10H2,1-2H3,(H2,20,21,22). The minimum atomic E-state index is -0.925. The van der Waals surface area contributed by atoms with Crippen molar-refractivity contribution in [3.8, 4) is 5.75 Å². The summed E-state index contributed by atoms with van der Waals surface area (Å²) >= 11 is 0. The predicted octanol–water partition coefficient (Wildman–Crippen LogP) is 1.75. The molecule has 0 aliphatic rings. The molecule has 1 aromatic carbocycles. The number of halogens is 2. The zero-order valence-electron chi connectivity index (χ0n) is 15.0. The summed E-state index contributed by atoms with van der Waals surface area (Å²) in [4.78, 5) is 4.49. The molecular weight excluding hydrogens is 342 g/mol. The van der Waals surface area contributed by atoms with E-state index >= 15 is 0 Å². The van der Waals surface area contributed by atoms with Crippen LogP contribution < -0.4 is 15.4 Å². The van der Waals surface area contributed by atoms with Gasteiger partial charge in [0, 0.05) is 25.6 Å². The molecule has 0 radical (unpaired) electrons. The highest BCUT2D eigenvalue weighted by Gasteiger charge is 2.04. The van der Waals surface area contributed by atoms with E-state index in [4.69, 9.17) is 4.74 Å². The number of guanidine groups is 1. The molecule has 0 atom stereocenters. The summed E-state index contributed by atoms with van der Waals surface area (Å²) in [5.41, 5.74) is 0. The molecule has 7 nitrogen and oxygen atoms in total. The van der Waals surface area contributed by atoms with E-state index in [1.807, 2.05) is 18.4 Å². The molecule has 0 spiro atoms. The topological polar surface area (TPSA) is 76.4 Å². The lowest BCUT2D eigenvalue weighted by Gasteiger charge is -2.12. The number of aryl methyl sites for hydroxylation is 1. The van der Waals surface area contributed by atoms with Gasteiger partial charge in [-0.3, -0.25) is 4.99 Å². The molecule has 0 bridgehead atoms. The fraction of sp³-hybridized carbons (Fsp3) is 0.471. The van der Waals surface area contributed by atoms with Crippen LogP contribution in [-0.4, -0.2) is 47.0 Å². The maximum Gasteiger partial charge on any atom is 0.191 e. The van der Waals surface area contributed by atoms with E-state index in [0.29, 0.717) is 32.2 Å². The van der Waals surface area contributed by atoms with Crippen LogP contribution in [0.25, 0.3) is 0 Å². The van der Waals surface area contributed by atoms with Crippen molar-refractivity contribution >= 4 is 5.96 Å². The van der Waals surface area contributed by atoms with Crippen LogP contribution in [0.1, 0.15) is 19.7 Å². The van der Waals surface area contributed by atoms with Gasteiger partial charge in [-0.15, -0.1) is 10.2 Å². The van der Waals surface area contributed by atoms with Crippen LogP contribution in [0.2, 0.25) is 0 Å². The number of hydrogen-bond donors (Lipinski definition) is 2. The predicted molar refractivity (Wildman–Crippen MR) is 95.2 cm³/mol. The van der Waals surface area contributed by atoms with Gasteiger partial charge in [0.1, 0.15) is 24.5 Å². The van der Waals surface area contributed by atoms with Gasteiger partial charge < -0.3 is 19.9 Å². The first-order chi connectivity index (χ1) is 12.6. The highest BCUT2D eigenvalue weighted by Crippen LogP contribution is 2.14. The molecule has 0 aliphatic carbocycles. The van der Waals surface area contributed by atoms with E-state index in [1.54, 1.807) is 6.33 Å². The van der Waals surface area contributed by atoms with Crippen LogP contribution in [-0.2, 0) is 13.0 Å². The Hall–Kier alpha value is -2.71. The van der Waals surface area contributed by atoms with E-state index < -0.39 is 11.6 Å². The maximum atomic E-state index is 13.1. The third-order valence-electron chi connectivity index (χ3n) is 3.52. The lowest BCUT2D eigenvalue weighted by atomic mass is 10.3. The molecule has 2 rings (SSSR count). The maximum absolute atomic E-state index is 13.1. The Bertz CT molecular complexity index is 719. The second-order valence-electron chi connectivity index (χ2n) is 5.41. The van der Waals surface area contributed by atoms with Gasteiger partial charge >= 0.3 is 0 Å². The lowest BCUT2D eigenvalue weighted by Crippen LogP contribution is -2.39. The average molecular weight is 366 g/mol. The lowest BCUT2D eigenvalue weighted by molar-refractivity contribution is 0.318. The van der Waals surface area contributed by atoms with Crippen molar-refractivity contribution < 1.29 is 13.5 Å². The minimum absolute atomic E-state index is 0.285.